The number of nitrogens with zero attached hydrogens (tertiary/aromatic N) is 4. The first-order valence-corrected chi connectivity index (χ1v) is 11.3. The molecule has 28 heavy (non-hydrogen) atoms. The van der Waals surface area contributed by atoms with E-state index in [0.717, 1.165) is 57.7 Å². The van der Waals surface area contributed by atoms with Gasteiger partial charge in [0.25, 0.3) is 0 Å². The van der Waals surface area contributed by atoms with Crippen LogP contribution in [-0.2, 0) is 9.53 Å². The van der Waals surface area contributed by atoms with Crippen molar-refractivity contribution in [2.24, 2.45) is 10.9 Å². The van der Waals surface area contributed by atoms with Gasteiger partial charge in [-0.1, -0.05) is 38.5 Å². The van der Waals surface area contributed by atoms with Crippen molar-refractivity contribution in [3.8, 4) is 0 Å². The molecule has 0 atom stereocenters. The van der Waals surface area contributed by atoms with Gasteiger partial charge in [0.15, 0.2) is 5.96 Å². The Morgan fingerprint density at radius 2 is 1.71 bits per heavy atom. The molecule has 1 amide bonds. The number of nitrogens with one attached hydrogen (secondary N) is 1. The molecule has 0 bridgehead atoms. The molecule has 3 fully saturated rings. The summed E-state index contributed by atoms with van der Waals surface area (Å²) in [4.78, 5) is 23.4. The first-order chi connectivity index (χ1) is 13.8. The van der Waals surface area contributed by atoms with E-state index in [2.05, 4.69) is 20.1 Å². The fourth-order valence-corrected chi connectivity index (χ4v) is 4.61. The van der Waals surface area contributed by atoms with E-state index in [-0.39, 0.29) is 5.91 Å². The number of rotatable bonds is 7. The highest BCUT2D eigenvalue weighted by atomic mass is 16.5. The molecule has 0 aromatic carbocycles. The first kappa shape index (κ1) is 21.4. The predicted molar refractivity (Wildman–Crippen MR) is 113 cm³/mol. The molecule has 0 radical (unpaired) electrons. The van der Waals surface area contributed by atoms with Crippen molar-refractivity contribution in [2.75, 3.05) is 72.6 Å². The molecule has 7 heteroatoms. The summed E-state index contributed by atoms with van der Waals surface area (Å²) in [6, 6.07) is 0. The quantitative estimate of drug-likeness (QED) is 0.402. The maximum atomic E-state index is 12.4. The highest BCUT2D eigenvalue weighted by Crippen LogP contribution is 2.28. The number of hydrogen-bond acceptors (Lipinski definition) is 4. The second kappa shape index (κ2) is 11.6. The van der Waals surface area contributed by atoms with Gasteiger partial charge in [-0.2, -0.15) is 0 Å². The van der Waals surface area contributed by atoms with Crippen molar-refractivity contribution >= 4 is 11.9 Å². The van der Waals surface area contributed by atoms with Crippen LogP contribution in [0.4, 0.5) is 0 Å². The van der Waals surface area contributed by atoms with Crippen LogP contribution in [0, 0.1) is 5.92 Å². The average Bonchev–Trinajstić information content (AvgIpc) is 3.26. The van der Waals surface area contributed by atoms with Gasteiger partial charge in [0.05, 0.1) is 19.8 Å². The zero-order valence-electron chi connectivity index (χ0n) is 17.7. The number of hydrogen-bond donors (Lipinski definition) is 1. The summed E-state index contributed by atoms with van der Waals surface area (Å²) in [5, 5.41) is 3.54. The molecule has 1 N–H and O–H groups in total. The van der Waals surface area contributed by atoms with Gasteiger partial charge in [-0.05, 0) is 12.3 Å². The maximum absolute atomic E-state index is 12.4. The van der Waals surface area contributed by atoms with E-state index in [4.69, 9.17) is 4.74 Å². The minimum Gasteiger partial charge on any atom is -0.378 e. The lowest BCUT2D eigenvalue weighted by Gasteiger charge is -2.37. The molecule has 0 spiro atoms. The summed E-state index contributed by atoms with van der Waals surface area (Å²) >= 11 is 0. The van der Waals surface area contributed by atoms with Crippen molar-refractivity contribution in [3.05, 3.63) is 0 Å². The number of carbonyl (C=O) groups excluding carboxylic acids is 1. The summed E-state index contributed by atoms with van der Waals surface area (Å²) in [7, 11) is 1.87. The van der Waals surface area contributed by atoms with Crippen LogP contribution in [0.3, 0.4) is 0 Å². The molecule has 2 aliphatic heterocycles. The number of unbranched alkanes of at least 4 members (excludes halogenated alkanes) is 1. The Kier molecular flexibility index (Phi) is 8.86. The Morgan fingerprint density at radius 1 is 1.00 bits per heavy atom. The Bertz CT molecular complexity index is 493. The Labute approximate surface area is 170 Å². The molecule has 7 nitrogen and oxygen atoms in total. The summed E-state index contributed by atoms with van der Waals surface area (Å²) in [6.07, 6.45) is 9.74. The second-order valence-corrected chi connectivity index (χ2v) is 8.38. The highest BCUT2D eigenvalue weighted by Gasteiger charge is 2.24. The lowest BCUT2D eigenvalue weighted by Crippen LogP contribution is -2.55. The molecule has 160 valence electrons. The zero-order valence-corrected chi connectivity index (χ0v) is 17.7. The van der Waals surface area contributed by atoms with Gasteiger partial charge in [-0.15, -0.1) is 0 Å². The fraction of sp³-hybridized carbons (Fsp3) is 0.905. The molecule has 2 saturated heterocycles. The van der Waals surface area contributed by atoms with Crippen LogP contribution < -0.4 is 5.32 Å². The molecular weight excluding hydrogens is 354 g/mol. The Morgan fingerprint density at radius 3 is 2.39 bits per heavy atom. The van der Waals surface area contributed by atoms with Gasteiger partial charge in [-0.3, -0.25) is 14.7 Å². The lowest BCUT2D eigenvalue weighted by molar-refractivity contribution is -0.136. The SMILES string of the molecule is CN=C(NCCCCC1CCCC1)N1CCN(CC(=O)N2CCOCC2)CC1. The normalized spacial score (nSPS) is 22.7. The number of piperazine rings is 1. The van der Waals surface area contributed by atoms with E-state index in [0.29, 0.717) is 19.8 Å². The minimum absolute atomic E-state index is 0.238. The largest absolute Gasteiger partial charge is 0.378 e. The standard InChI is InChI=1S/C21H39N5O2/c1-22-21(23-9-5-4-8-19-6-2-3-7-19)26-12-10-24(11-13-26)18-20(27)25-14-16-28-17-15-25/h19H,2-18H2,1H3,(H,22,23). The van der Waals surface area contributed by atoms with Crippen molar-refractivity contribution in [3.63, 3.8) is 0 Å². The smallest absolute Gasteiger partial charge is 0.236 e. The van der Waals surface area contributed by atoms with Gasteiger partial charge in [0, 0.05) is 52.9 Å². The molecule has 0 aromatic heterocycles. The van der Waals surface area contributed by atoms with Crippen molar-refractivity contribution < 1.29 is 9.53 Å². The second-order valence-electron chi connectivity index (χ2n) is 8.38. The number of carbonyl (C=O) groups is 1. The van der Waals surface area contributed by atoms with Gasteiger partial charge < -0.3 is 19.9 Å². The molecule has 3 rings (SSSR count). The summed E-state index contributed by atoms with van der Waals surface area (Å²) in [5.41, 5.74) is 0. The third-order valence-corrected chi connectivity index (χ3v) is 6.40. The maximum Gasteiger partial charge on any atom is 0.236 e. The van der Waals surface area contributed by atoms with Crippen LogP contribution in [0.5, 0.6) is 0 Å². The van der Waals surface area contributed by atoms with Crippen LogP contribution in [0.25, 0.3) is 0 Å². The Balaban J connectivity index is 1.29. The van der Waals surface area contributed by atoms with Crippen molar-refractivity contribution in [1.82, 2.24) is 20.0 Å². The van der Waals surface area contributed by atoms with Gasteiger partial charge >= 0.3 is 0 Å². The highest BCUT2D eigenvalue weighted by molar-refractivity contribution is 5.80. The number of ether oxygens (including phenoxy) is 1. The van der Waals surface area contributed by atoms with E-state index >= 15 is 0 Å². The van der Waals surface area contributed by atoms with Crippen LogP contribution in [0.15, 0.2) is 4.99 Å². The van der Waals surface area contributed by atoms with E-state index in [1.807, 2.05) is 11.9 Å². The number of guanidine groups is 1. The van der Waals surface area contributed by atoms with Crippen molar-refractivity contribution in [2.45, 2.75) is 44.9 Å². The third-order valence-electron chi connectivity index (χ3n) is 6.40. The molecule has 1 saturated carbocycles. The average molecular weight is 394 g/mol. The zero-order chi connectivity index (χ0) is 19.6. The number of morpholine rings is 1. The number of amides is 1. The summed E-state index contributed by atoms with van der Waals surface area (Å²) in [6.45, 7) is 8.03. The minimum atomic E-state index is 0.238. The Hall–Kier alpha value is -1.34. The number of aliphatic imine (C=N–C) groups is 1. The van der Waals surface area contributed by atoms with Gasteiger partial charge in [-0.25, -0.2) is 0 Å². The first-order valence-electron chi connectivity index (χ1n) is 11.3. The van der Waals surface area contributed by atoms with Crippen molar-refractivity contribution in [1.29, 1.82) is 0 Å². The molecule has 3 aliphatic rings. The van der Waals surface area contributed by atoms with Gasteiger partial charge in [0.2, 0.25) is 5.91 Å². The van der Waals surface area contributed by atoms with Crippen LogP contribution in [-0.4, -0.2) is 99.2 Å². The fourth-order valence-electron chi connectivity index (χ4n) is 4.61. The van der Waals surface area contributed by atoms with Gasteiger partial charge in [0.1, 0.15) is 0 Å². The van der Waals surface area contributed by atoms with E-state index < -0.39 is 0 Å². The van der Waals surface area contributed by atoms with Crippen LogP contribution in [0.1, 0.15) is 44.9 Å². The molecule has 0 unspecified atom stereocenters. The van der Waals surface area contributed by atoms with Crippen LogP contribution >= 0.6 is 0 Å². The molecular formula is C21H39N5O2. The van der Waals surface area contributed by atoms with E-state index in [1.165, 1.54) is 44.9 Å². The molecule has 0 aromatic rings. The molecule has 2 heterocycles. The predicted octanol–water partition coefficient (Wildman–Crippen LogP) is 1.40. The topological polar surface area (TPSA) is 60.4 Å². The van der Waals surface area contributed by atoms with Crippen LogP contribution in [0.2, 0.25) is 0 Å². The summed E-state index contributed by atoms with van der Waals surface area (Å²) < 4.78 is 5.33. The monoisotopic (exact) mass is 393 g/mol. The third kappa shape index (κ3) is 6.62. The lowest BCUT2D eigenvalue weighted by atomic mass is 10.0. The van der Waals surface area contributed by atoms with E-state index in [1.54, 1.807) is 0 Å². The molecule has 1 aliphatic carbocycles. The summed E-state index contributed by atoms with van der Waals surface area (Å²) in [5.74, 6) is 2.24. The van der Waals surface area contributed by atoms with E-state index in [9.17, 15) is 4.79 Å².